The van der Waals surface area contributed by atoms with Gasteiger partial charge in [-0.05, 0) is 35.9 Å². The van der Waals surface area contributed by atoms with Gasteiger partial charge in [0.25, 0.3) is 0 Å². The van der Waals surface area contributed by atoms with Gasteiger partial charge in [-0.2, -0.15) is 0 Å². The van der Waals surface area contributed by atoms with Gasteiger partial charge in [0.1, 0.15) is 0 Å². The fraction of sp³-hybridized carbons (Fsp3) is 0.226. The van der Waals surface area contributed by atoms with Gasteiger partial charge in [-0.1, -0.05) is 99.3 Å². The van der Waals surface area contributed by atoms with E-state index in [1.54, 1.807) is 4.40 Å². The Bertz CT molecular complexity index is 2920. The number of imidazole rings is 1. The van der Waals surface area contributed by atoms with Crippen molar-refractivity contribution >= 4 is 50.8 Å². The molecule has 0 saturated heterocycles. The zero-order valence-corrected chi connectivity index (χ0v) is 40.5. The van der Waals surface area contributed by atoms with Crippen LogP contribution in [-0.4, -0.2) is 32.8 Å². The number of fused-ring (bicyclic) bond motifs is 4. The van der Waals surface area contributed by atoms with Crippen molar-refractivity contribution in [2.75, 3.05) is 0 Å². The summed E-state index contributed by atoms with van der Waals surface area (Å²) >= 11 is -1.86. The molecule has 7 heteroatoms. The molecular formula is C53H52GeIrN4O-2. The Morgan fingerprint density at radius 1 is 0.800 bits per heavy atom. The zero-order chi connectivity index (χ0) is 41.5. The van der Waals surface area contributed by atoms with Gasteiger partial charge >= 0.3 is 126 Å². The minimum atomic E-state index is -1.86. The molecule has 4 heterocycles. The Morgan fingerprint density at radius 3 is 2.23 bits per heavy atom. The molecular weight excluding hydrogens is 973 g/mol. The summed E-state index contributed by atoms with van der Waals surface area (Å²) in [6.45, 7) is 13.2. The van der Waals surface area contributed by atoms with Crippen molar-refractivity contribution in [3.8, 4) is 39.5 Å². The molecule has 0 bridgehead atoms. The fourth-order valence-corrected chi connectivity index (χ4v) is 11.2. The van der Waals surface area contributed by atoms with Crippen molar-refractivity contribution < 1.29 is 24.5 Å². The molecule has 1 radical (unpaired) electrons. The second kappa shape index (κ2) is 17.5. The normalized spacial score (nSPS) is 11.8. The summed E-state index contributed by atoms with van der Waals surface area (Å²) < 4.78 is 10.3. The molecule has 0 unspecified atom stereocenters. The second-order valence-electron chi connectivity index (χ2n) is 17.9. The number of para-hydroxylation sites is 3. The summed E-state index contributed by atoms with van der Waals surface area (Å²) in [7, 11) is 0. The summed E-state index contributed by atoms with van der Waals surface area (Å²) in [5, 5.41) is 2.07. The number of aryl methyl sites for hydroxylation is 1. The number of benzene rings is 5. The minimum absolute atomic E-state index is 0. The molecule has 0 N–H and O–H groups in total. The maximum absolute atomic E-state index is 6.56. The summed E-state index contributed by atoms with van der Waals surface area (Å²) in [5.41, 5.74) is 13.2. The van der Waals surface area contributed by atoms with Crippen LogP contribution in [0.4, 0.5) is 0 Å². The minimum Gasteiger partial charge on any atom is -0.486 e. The Labute approximate surface area is 371 Å². The predicted molar refractivity (Wildman–Crippen MR) is 249 cm³/mol. The topological polar surface area (TPSA) is 56.7 Å². The standard InChI is InChI=1S/C35H28N3O.C18H24GeN.Ir/c1-22-18-19-26(32-31(22)25-20-21-30(35(2,3)4)37-34(25)39-32)33-36-27-15-9-11-17-29(27)38(33)28-16-10-8-14-24(28)23-12-6-5-7-13-23;1-14(2)11-16-12-18(15-9-7-6-8-10-15)20-13-17(16)19(3,4)5;/h5-18,20-21H,1-4H3;6-9,12-14H,11H2,1-5H3;/q2*-1;. The smallest absolute Gasteiger partial charge is 0.216 e. The van der Waals surface area contributed by atoms with Crippen LogP contribution in [0.25, 0.3) is 72.6 Å². The van der Waals surface area contributed by atoms with Gasteiger partial charge < -0.3 is 8.98 Å². The number of hydrogen-bond donors (Lipinski definition) is 0. The van der Waals surface area contributed by atoms with Crippen LogP contribution in [0.1, 0.15) is 51.4 Å². The number of nitrogens with zero attached hydrogens (tertiary/aromatic N) is 4. The van der Waals surface area contributed by atoms with Crippen LogP contribution in [0.15, 0.2) is 138 Å². The van der Waals surface area contributed by atoms with Crippen molar-refractivity contribution in [2.24, 2.45) is 5.92 Å². The van der Waals surface area contributed by atoms with E-state index in [9.17, 15) is 0 Å². The van der Waals surface area contributed by atoms with Crippen LogP contribution in [0.2, 0.25) is 17.3 Å². The maximum atomic E-state index is 6.56. The van der Waals surface area contributed by atoms with Crippen LogP contribution in [0.5, 0.6) is 0 Å². The van der Waals surface area contributed by atoms with Gasteiger partial charge in [0.2, 0.25) is 5.71 Å². The Balaban J connectivity index is 0.000000220. The van der Waals surface area contributed by atoms with E-state index in [1.165, 1.54) is 5.56 Å². The monoisotopic (exact) mass is 1030 g/mol. The largest absolute Gasteiger partial charge is 0.486 e. The summed E-state index contributed by atoms with van der Waals surface area (Å²) in [5.74, 6) is 8.78. The molecule has 60 heavy (non-hydrogen) atoms. The Kier molecular flexibility index (Phi) is 12.5. The number of aromatic nitrogens is 4. The molecule has 5 aromatic carbocycles. The molecule has 0 aliphatic carbocycles. The molecule has 4 aromatic heterocycles. The first kappa shape index (κ1) is 43.0. The van der Waals surface area contributed by atoms with Crippen molar-refractivity contribution in [2.45, 2.75) is 70.6 Å². The van der Waals surface area contributed by atoms with E-state index in [0.717, 1.165) is 84.5 Å². The summed E-state index contributed by atoms with van der Waals surface area (Å²) in [6, 6.07) is 50.7. The quantitative estimate of drug-likeness (QED) is 0.118. The second-order valence-corrected chi connectivity index (χ2v) is 28.5. The van der Waals surface area contributed by atoms with E-state index >= 15 is 0 Å². The van der Waals surface area contributed by atoms with Gasteiger partial charge in [0.05, 0.1) is 22.4 Å². The molecule has 9 aromatic rings. The first-order valence-corrected chi connectivity index (χ1v) is 28.0. The van der Waals surface area contributed by atoms with E-state index in [1.807, 2.05) is 36.4 Å². The Morgan fingerprint density at radius 2 is 1.52 bits per heavy atom. The molecule has 0 atom stereocenters. The SMILES string of the molecule is CC(C)Cc1cc(-c2[c-]cccc2)nc[c]1[Ge]([CH3])([CH3])[CH3].Cc1c[c-]c(-c2nc3ccccc3n2-c2ccccc2-c2ccccc2)c2oc3nc(C(C)(C)C)ccc3c12.[Ir]. The van der Waals surface area contributed by atoms with Gasteiger partial charge in [-0.25, -0.2) is 4.98 Å². The third-order valence-electron chi connectivity index (χ3n) is 10.8. The van der Waals surface area contributed by atoms with Crippen molar-refractivity contribution in [1.29, 1.82) is 0 Å². The third-order valence-corrected chi connectivity index (χ3v) is 15.1. The van der Waals surface area contributed by atoms with Crippen LogP contribution in [0.3, 0.4) is 0 Å². The van der Waals surface area contributed by atoms with E-state index < -0.39 is 13.3 Å². The molecule has 0 saturated carbocycles. The van der Waals surface area contributed by atoms with Crippen LogP contribution in [-0.2, 0) is 31.9 Å². The van der Waals surface area contributed by atoms with Crippen LogP contribution >= 0.6 is 0 Å². The number of furan rings is 1. The van der Waals surface area contributed by atoms with Crippen molar-refractivity contribution in [3.63, 3.8) is 0 Å². The molecule has 0 aliphatic heterocycles. The van der Waals surface area contributed by atoms with Crippen LogP contribution in [0, 0.1) is 25.0 Å². The van der Waals surface area contributed by atoms with Gasteiger partial charge in [0.15, 0.2) is 0 Å². The molecule has 305 valence electrons. The van der Waals surface area contributed by atoms with Gasteiger partial charge in [0, 0.05) is 47.9 Å². The van der Waals surface area contributed by atoms with E-state index in [0.29, 0.717) is 11.6 Å². The average molecular weight is 1030 g/mol. The summed E-state index contributed by atoms with van der Waals surface area (Å²) in [4.78, 5) is 14.8. The Hall–Kier alpha value is -5.14. The molecule has 0 amide bonds. The average Bonchev–Trinajstić information content (AvgIpc) is 3.80. The third kappa shape index (κ3) is 8.70. The van der Waals surface area contributed by atoms with Gasteiger partial charge in [-0.3, -0.25) is 4.98 Å². The van der Waals surface area contributed by atoms with Crippen molar-refractivity contribution in [1.82, 2.24) is 19.5 Å². The zero-order valence-electron chi connectivity index (χ0n) is 36.0. The van der Waals surface area contributed by atoms with E-state index in [2.05, 4.69) is 173 Å². The van der Waals surface area contributed by atoms with Crippen molar-refractivity contribution in [3.05, 3.63) is 163 Å². The van der Waals surface area contributed by atoms with E-state index in [-0.39, 0.29) is 25.5 Å². The number of hydrogen-bond acceptors (Lipinski definition) is 4. The molecule has 0 aliphatic rings. The number of rotatable bonds is 7. The first-order chi connectivity index (χ1) is 28.3. The maximum Gasteiger partial charge on any atom is 0.216 e. The molecule has 9 rings (SSSR count). The molecule has 0 spiro atoms. The van der Waals surface area contributed by atoms with Crippen LogP contribution < -0.4 is 4.40 Å². The first-order valence-electron chi connectivity index (χ1n) is 20.6. The van der Waals surface area contributed by atoms with E-state index in [4.69, 9.17) is 19.4 Å². The number of pyridine rings is 2. The summed E-state index contributed by atoms with van der Waals surface area (Å²) in [6.07, 6.45) is 3.27. The van der Waals surface area contributed by atoms with Gasteiger partial charge in [-0.15, -0.1) is 17.7 Å². The molecule has 0 fully saturated rings. The molecule has 5 nitrogen and oxygen atoms in total. The predicted octanol–water partition coefficient (Wildman–Crippen LogP) is 13.3. The fourth-order valence-electron chi connectivity index (χ4n) is 7.90.